The molecule has 0 aliphatic carbocycles. The fourth-order valence-electron chi connectivity index (χ4n) is 12.4. The Morgan fingerprint density at radius 2 is 0.480 bits per heavy atom. The molecule has 0 heterocycles. The first-order valence-corrected chi connectivity index (χ1v) is 44.7. The molecule has 0 aromatic carbocycles. The van der Waals surface area contributed by atoms with Crippen molar-refractivity contribution in [3.63, 3.8) is 0 Å². The van der Waals surface area contributed by atoms with Crippen LogP contribution in [0.25, 0.3) is 0 Å². The molecule has 0 aliphatic rings. The quantitative estimate of drug-likeness (QED) is 0.0222. The number of hydrogen-bond donors (Lipinski definition) is 3. The van der Waals surface area contributed by atoms with Crippen molar-refractivity contribution < 1.29 is 80.2 Å². The van der Waals surface area contributed by atoms with Gasteiger partial charge >= 0.3 is 39.5 Å². The van der Waals surface area contributed by atoms with E-state index < -0.39 is 97.5 Å². The Morgan fingerprint density at radius 3 is 0.710 bits per heavy atom. The number of rotatable bonds is 78. The molecule has 0 fully saturated rings. The summed E-state index contributed by atoms with van der Waals surface area (Å²) in [4.78, 5) is 73.0. The number of hydrogen-bond acceptors (Lipinski definition) is 15. The van der Waals surface area contributed by atoms with Gasteiger partial charge in [0, 0.05) is 25.7 Å². The monoisotopic (exact) mass is 1470 g/mol. The molecule has 0 aliphatic heterocycles. The number of aliphatic hydroxyl groups excluding tert-OH is 1. The Kier molecular flexibility index (Phi) is 68.7. The average molecular weight is 1470 g/mol. The van der Waals surface area contributed by atoms with Crippen molar-refractivity contribution in [1.82, 2.24) is 0 Å². The minimum atomic E-state index is -4.96. The topological polar surface area (TPSA) is 237 Å². The van der Waals surface area contributed by atoms with Crippen molar-refractivity contribution in [2.75, 3.05) is 39.6 Å². The molecule has 0 aromatic heterocycles. The van der Waals surface area contributed by atoms with Crippen LogP contribution in [0.4, 0.5) is 0 Å². The maximum atomic E-state index is 13.1. The van der Waals surface area contributed by atoms with Crippen LogP contribution in [0.2, 0.25) is 0 Å². The van der Waals surface area contributed by atoms with E-state index >= 15 is 0 Å². The summed E-state index contributed by atoms with van der Waals surface area (Å²) in [6, 6.07) is 0. The SMILES string of the molecule is CCC(C)CCCCCCCCC(=O)OC[C@H](COP(=O)(O)OC[C@H](O)COP(=O)(O)OC[C@@H](COC(=O)CCCCCCCCCCCCCCCC(C)C)OC(=O)CCCCCCCCCCCCCCCCCCC(C)C)OC(=O)CCCCCCCCCCCCCCC(C)C. The summed E-state index contributed by atoms with van der Waals surface area (Å²) in [6.07, 6.45) is 56.9. The first-order valence-electron chi connectivity index (χ1n) is 41.7. The van der Waals surface area contributed by atoms with Crippen molar-refractivity contribution in [2.24, 2.45) is 23.7 Å². The van der Waals surface area contributed by atoms with Gasteiger partial charge in [-0.05, 0) is 49.4 Å². The summed E-state index contributed by atoms with van der Waals surface area (Å²) in [5, 5.41) is 10.6. The third kappa shape index (κ3) is 73.0. The van der Waals surface area contributed by atoms with Crippen molar-refractivity contribution in [1.29, 1.82) is 0 Å². The fourth-order valence-corrected chi connectivity index (χ4v) is 14.0. The van der Waals surface area contributed by atoms with Crippen LogP contribution in [-0.4, -0.2) is 96.7 Å². The largest absolute Gasteiger partial charge is 0.472 e. The number of phosphoric acid groups is 2. The van der Waals surface area contributed by atoms with Gasteiger partial charge in [-0.2, -0.15) is 0 Å². The number of esters is 4. The normalized spacial score (nSPS) is 14.3. The van der Waals surface area contributed by atoms with E-state index in [9.17, 15) is 43.2 Å². The number of unbranched alkanes of at least 4 members (excludes halogenated alkanes) is 43. The fraction of sp³-hybridized carbons (Fsp3) is 0.951. The van der Waals surface area contributed by atoms with Gasteiger partial charge in [-0.15, -0.1) is 0 Å². The van der Waals surface area contributed by atoms with Crippen LogP contribution in [0.1, 0.15) is 415 Å². The van der Waals surface area contributed by atoms with E-state index in [4.69, 9.17) is 37.0 Å². The minimum absolute atomic E-state index is 0.106. The highest BCUT2D eigenvalue weighted by Crippen LogP contribution is 2.45. The van der Waals surface area contributed by atoms with Crippen LogP contribution < -0.4 is 0 Å². The molecular weight excluding hydrogens is 1310 g/mol. The van der Waals surface area contributed by atoms with E-state index in [1.54, 1.807) is 0 Å². The Bertz CT molecular complexity index is 1960. The number of carbonyl (C=O) groups is 4. The van der Waals surface area contributed by atoms with Gasteiger partial charge in [0.25, 0.3) is 0 Å². The predicted molar refractivity (Wildman–Crippen MR) is 409 cm³/mol. The van der Waals surface area contributed by atoms with Crippen LogP contribution in [0, 0.1) is 23.7 Å². The first-order chi connectivity index (χ1) is 48.1. The Hall–Kier alpha value is -1.94. The molecule has 100 heavy (non-hydrogen) atoms. The number of carbonyl (C=O) groups excluding carboxylic acids is 4. The molecule has 17 nitrogen and oxygen atoms in total. The van der Waals surface area contributed by atoms with Gasteiger partial charge in [-0.1, -0.05) is 364 Å². The molecular formula is C81H158O17P2. The maximum Gasteiger partial charge on any atom is 0.472 e. The number of phosphoric ester groups is 2. The van der Waals surface area contributed by atoms with E-state index in [0.29, 0.717) is 25.7 Å². The summed E-state index contributed by atoms with van der Waals surface area (Å²) in [5.74, 6) is 0.993. The van der Waals surface area contributed by atoms with E-state index in [1.807, 2.05) is 0 Å². The molecule has 0 saturated heterocycles. The molecule has 0 radical (unpaired) electrons. The molecule has 0 amide bonds. The zero-order chi connectivity index (χ0) is 73.8. The first kappa shape index (κ1) is 98.1. The molecule has 0 bridgehead atoms. The van der Waals surface area contributed by atoms with Crippen LogP contribution in [0.3, 0.4) is 0 Å². The second-order valence-electron chi connectivity index (χ2n) is 30.8. The molecule has 6 atom stereocenters. The second-order valence-corrected chi connectivity index (χ2v) is 33.7. The molecule has 19 heteroatoms. The second kappa shape index (κ2) is 70.1. The molecule has 0 saturated carbocycles. The lowest BCUT2D eigenvalue weighted by atomic mass is 10.00. The van der Waals surface area contributed by atoms with Gasteiger partial charge in [0.15, 0.2) is 12.2 Å². The van der Waals surface area contributed by atoms with E-state index in [1.165, 1.54) is 212 Å². The van der Waals surface area contributed by atoms with Crippen molar-refractivity contribution in [3.8, 4) is 0 Å². The van der Waals surface area contributed by atoms with Crippen molar-refractivity contribution in [2.45, 2.75) is 433 Å². The van der Waals surface area contributed by atoms with Crippen LogP contribution in [-0.2, 0) is 65.4 Å². The predicted octanol–water partition coefficient (Wildman–Crippen LogP) is 24.0. The lowest BCUT2D eigenvalue weighted by molar-refractivity contribution is -0.161. The third-order valence-electron chi connectivity index (χ3n) is 19.2. The van der Waals surface area contributed by atoms with Crippen molar-refractivity contribution >= 4 is 39.5 Å². The Labute approximate surface area is 613 Å². The Morgan fingerprint density at radius 1 is 0.280 bits per heavy atom. The lowest BCUT2D eigenvalue weighted by Gasteiger charge is -2.21. The molecule has 594 valence electrons. The molecule has 3 N–H and O–H groups in total. The van der Waals surface area contributed by atoms with Gasteiger partial charge in [0.2, 0.25) is 0 Å². The van der Waals surface area contributed by atoms with Gasteiger partial charge in [0.1, 0.15) is 19.3 Å². The summed E-state index contributed by atoms with van der Waals surface area (Å²) >= 11 is 0. The van der Waals surface area contributed by atoms with Gasteiger partial charge in [-0.3, -0.25) is 37.3 Å². The van der Waals surface area contributed by atoms with E-state index in [-0.39, 0.29) is 25.7 Å². The number of aliphatic hydroxyl groups is 1. The zero-order valence-corrected chi connectivity index (χ0v) is 67.6. The maximum absolute atomic E-state index is 13.1. The van der Waals surface area contributed by atoms with Crippen LogP contribution in [0.15, 0.2) is 0 Å². The summed E-state index contributed by atoms with van der Waals surface area (Å²) < 4.78 is 68.7. The third-order valence-corrected chi connectivity index (χ3v) is 21.1. The van der Waals surface area contributed by atoms with Crippen LogP contribution in [0.5, 0.6) is 0 Å². The summed E-state index contributed by atoms with van der Waals surface area (Å²) in [6.45, 7) is 14.3. The highest BCUT2D eigenvalue weighted by atomic mass is 31.2. The highest BCUT2D eigenvalue weighted by molar-refractivity contribution is 7.47. The zero-order valence-electron chi connectivity index (χ0n) is 65.8. The number of ether oxygens (including phenoxy) is 4. The molecule has 3 unspecified atom stereocenters. The van der Waals surface area contributed by atoms with Crippen molar-refractivity contribution in [3.05, 3.63) is 0 Å². The lowest BCUT2D eigenvalue weighted by Crippen LogP contribution is -2.30. The van der Waals surface area contributed by atoms with Gasteiger partial charge < -0.3 is 33.8 Å². The molecule has 0 spiro atoms. The highest BCUT2D eigenvalue weighted by Gasteiger charge is 2.30. The van der Waals surface area contributed by atoms with Gasteiger partial charge in [-0.25, -0.2) is 9.13 Å². The summed E-state index contributed by atoms with van der Waals surface area (Å²) in [5.41, 5.74) is 0. The van der Waals surface area contributed by atoms with Gasteiger partial charge in [0.05, 0.1) is 26.4 Å². The molecule has 0 rings (SSSR count). The average Bonchev–Trinajstić information content (AvgIpc) is 0.963. The summed E-state index contributed by atoms with van der Waals surface area (Å²) in [7, 11) is -9.92. The standard InChI is InChI=1S/C81H158O17P2/c1-9-74(8)60-52-44-39-40-46-54-62-79(84)92-68-77(98-81(86)64-56-48-38-32-26-20-19-23-29-35-43-51-59-73(6)7)70-96-100(89,90)94-66-75(82)65-93-99(87,88)95-69-76(67-91-78(83)61-53-45-36-30-24-18-14-16-22-28-34-42-50-58-72(4)5)97-80(85)63-55-47-37-31-25-17-13-11-10-12-15-21-27-33-41-49-57-71(2)3/h71-77,82H,9-70H2,1-8H3,(H,87,88)(H,89,90)/t74?,75-,76-,77-/m1/s1. The minimum Gasteiger partial charge on any atom is -0.462 e. The molecule has 0 aromatic rings. The Balaban J connectivity index is 5.25. The van der Waals surface area contributed by atoms with E-state index in [0.717, 1.165) is 120 Å². The smallest absolute Gasteiger partial charge is 0.462 e. The van der Waals surface area contributed by atoms with Crippen LogP contribution >= 0.6 is 15.6 Å². The van der Waals surface area contributed by atoms with E-state index in [2.05, 4.69) is 55.4 Å².